The fraction of sp³-hybridized carbons (Fsp3) is 0.444. The van der Waals surface area contributed by atoms with Gasteiger partial charge in [-0.2, -0.15) is 0 Å². The van der Waals surface area contributed by atoms with E-state index in [9.17, 15) is 4.79 Å². The van der Waals surface area contributed by atoms with Crippen molar-refractivity contribution in [2.45, 2.75) is 117 Å². The number of hydrogen-bond acceptors (Lipinski definition) is 5. The van der Waals surface area contributed by atoms with E-state index in [0.29, 0.717) is 5.92 Å². The molecule has 3 aliphatic rings. The monoisotopic (exact) mass is 1100 g/mol. The van der Waals surface area contributed by atoms with E-state index in [2.05, 4.69) is 169 Å². The van der Waals surface area contributed by atoms with E-state index < -0.39 is 5.41 Å². The molecular weight excluding hydrogens is 1020 g/mol. The number of hydrogen-bond donors (Lipinski definition) is 1. The Hall–Kier alpha value is -4.59. The van der Waals surface area contributed by atoms with Crippen molar-refractivity contribution < 1.29 is 14.1 Å². The number of carbonyl (C=O) groups excluding carboxylic acids is 1. The first-order valence-electron chi connectivity index (χ1n) is 27.1. The van der Waals surface area contributed by atoms with E-state index in [4.69, 9.17) is 4.74 Å². The van der Waals surface area contributed by atoms with Crippen LogP contribution in [0.25, 0.3) is 37.4 Å². The van der Waals surface area contributed by atoms with Crippen LogP contribution in [0.4, 0.5) is 5.69 Å². The van der Waals surface area contributed by atoms with E-state index in [0.717, 1.165) is 56.8 Å². The van der Waals surface area contributed by atoms with Crippen LogP contribution in [0.1, 0.15) is 127 Å². The number of ether oxygens (including phenoxy) is 1. The van der Waals surface area contributed by atoms with Gasteiger partial charge < -0.3 is 10.1 Å². The van der Waals surface area contributed by atoms with E-state index in [1.807, 2.05) is 12.4 Å². The number of unbranched alkanes of at least 4 members (excludes halogenated alkanes) is 1. The number of aryl methyl sites for hydroxylation is 1. The van der Waals surface area contributed by atoms with Crippen molar-refractivity contribution in [3.8, 4) is 0 Å². The molecule has 0 spiro atoms. The zero-order valence-corrected chi connectivity index (χ0v) is 47.4. The molecule has 1 amide bonds. The third-order valence-corrected chi connectivity index (χ3v) is 22.1. The summed E-state index contributed by atoms with van der Waals surface area (Å²) in [4.78, 5) is 22.7. The molecule has 378 valence electrons. The van der Waals surface area contributed by atoms with E-state index in [1.165, 1.54) is 121 Å². The van der Waals surface area contributed by atoms with Crippen molar-refractivity contribution in [3.05, 3.63) is 147 Å². The van der Waals surface area contributed by atoms with Crippen molar-refractivity contribution in [2.24, 2.45) is 24.3 Å². The van der Waals surface area contributed by atoms with E-state index >= 15 is 0 Å². The van der Waals surface area contributed by atoms with Gasteiger partial charge in [0.25, 0.3) is 0 Å². The first-order valence-corrected chi connectivity index (χ1v) is 30.5. The van der Waals surface area contributed by atoms with Crippen molar-refractivity contribution in [2.75, 3.05) is 45.4 Å². The van der Waals surface area contributed by atoms with Gasteiger partial charge in [0.2, 0.25) is 5.91 Å². The predicted molar refractivity (Wildman–Crippen MR) is 304 cm³/mol. The van der Waals surface area contributed by atoms with Crippen LogP contribution in [-0.2, 0) is 16.6 Å². The molecule has 7 nitrogen and oxygen atoms in total. The maximum absolute atomic E-state index is 13.2. The molecule has 0 bridgehead atoms. The number of aromatic nitrogens is 2. The third-order valence-electron chi connectivity index (χ3n) is 16.8. The van der Waals surface area contributed by atoms with Gasteiger partial charge >= 0.3 is 293 Å². The summed E-state index contributed by atoms with van der Waals surface area (Å²) in [7, 11) is 6.16. The van der Waals surface area contributed by atoms with E-state index in [1.54, 1.807) is 23.8 Å². The topological polar surface area (TPSA) is 61.6 Å². The molecule has 3 atom stereocenters. The van der Waals surface area contributed by atoms with Gasteiger partial charge in [-0.1, -0.05) is 27.2 Å². The number of piperidine rings is 1. The maximum atomic E-state index is 13.2. The zero-order chi connectivity index (χ0) is 50.0. The summed E-state index contributed by atoms with van der Waals surface area (Å²) in [5.74, 6) is 2.04. The van der Waals surface area contributed by atoms with Crippen LogP contribution >= 0.6 is 0 Å². The van der Waals surface area contributed by atoms with Crippen molar-refractivity contribution >= 4 is 82.9 Å². The fourth-order valence-corrected chi connectivity index (χ4v) is 16.9. The second-order valence-corrected chi connectivity index (χ2v) is 25.4. The summed E-state index contributed by atoms with van der Waals surface area (Å²) in [5.41, 5.74) is 8.39. The molecule has 1 saturated heterocycles. The molecule has 1 aliphatic carbocycles. The average Bonchev–Trinajstić information content (AvgIpc) is 3.93. The number of nitrogens with one attached hydrogen (secondary N) is 1. The minimum absolute atomic E-state index is 0.0960. The number of carbonyl (C=O) groups is 1. The summed E-state index contributed by atoms with van der Waals surface area (Å²) < 4.78 is 13.5. The molecule has 9 heteroatoms. The third kappa shape index (κ3) is 12.0. The Labute approximate surface area is 442 Å². The van der Waals surface area contributed by atoms with Gasteiger partial charge in [0, 0.05) is 24.9 Å². The standard InChI is InChI=1S/C63H77N5O2Se2/c1-7-45(23-24-46(47-34-39-64-40-35-47)33-38-63(3,8-2)62(69)65-44-70-6)48-36-42-68(43-37-48)41-14-13-20-53-49(27-31-58-66(4)56-29-25-51-16-9-11-21-54(51)60(56)71-58)18-15-19-50(53)28-32-59-67(5)57-30-26-52-17-10-12-22-55(52)61(57)72-59/h9-12,16-17,21-22,25-32,34-35,39-40,45-46,48H,7-8,13-15,18-20,23-24,33,36-38,41-44H2,1-6H3/p+1. The molecule has 9 rings (SSSR count). The number of likely N-dealkylation sites (tertiary alicyclic amines) is 1. The van der Waals surface area contributed by atoms with Crippen LogP contribution in [-0.4, -0.2) is 85.8 Å². The normalized spacial score (nSPS) is 18.8. The molecule has 4 heterocycles. The van der Waals surface area contributed by atoms with Crippen LogP contribution in [0.15, 0.2) is 137 Å². The number of benzene rings is 4. The van der Waals surface area contributed by atoms with Crippen molar-refractivity contribution in [1.82, 2.24) is 15.2 Å². The second-order valence-electron chi connectivity index (χ2n) is 21.1. The number of anilines is 1. The molecule has 3 unspecified atom stereocenters. The zero-order valence-electron chi connectivity index (χ0n) is 43.9. The Kier molecular flexibility index (Phi) is 17.9. The number of nitrogens with zero attached hydrogens (tertiary/aromatic N) is 4. The van der Waals surface area contributed by atoms with Gasteiger partial charge in [-0.25, -0.2) is 0 Å². The van der Waals surface area contributed by atoms with Gasteiger partial charge in [-0.15, -0.1) is 0 Å². The summed E-state index contributed by atoms with van der Waals surface area (Å²) >= 11 is 0.534. The first kappa shape index (κ1) is 52.3. The van der Waals surface area contributed by atoms with Crippen LogP contribution < -0.4 is 19.2 Å². The summed E-state index contributed by atoms with van der Waals surface area (Å²) in [6.45, 7) is 10.6. The molecule has 1 fully saturated rings. The Morgan fingerprint density at radius 3 is 2.42 bits per heavy atom. The molecule has 72 heavy (non-hydrogen) atoms. The molecule has 0 saturated carbocycles. The Bertz CT molecular complexity index is 2950. The van der Waals surface area contributed by atoms with Crippen LogP contribution in [0, 0.1) is 17.3 Å². The number of fused-ring (bicyclic) bond motifs is 6. The van der Waals surface area contributed by atoms with Gasteiger partial charge in [0.15, 0.2) is 0 Å². The number of methoxy groups -OCH3 is 1. The quantitative estimate of drug-likeness (QED) is 0.0337. The number of amides is 1. The fourth-order valence-electron chi connectivity index (χ4n) is 12.0. The van der Waals surface area contributed by atoms with Crippen molar-refractivity contribution in [3.63, 3.8) is 0 Å². The molecule has 6 aromatic rings. The number of rotatable bonds is 21. The summed E-state index contributed by atoms with van der Waals surface area (Å²) in [6.07, 6.45) is 29.9. The number of allylic oxidation sites excluding steroid dienone is 6. The molecular formula is C63H78N5O2Se2+. The SMILES string of the molecule is CCC(CCC(CCC(C)(CC)C(=O)NCOC)c1ccncc1)C1CCN(CCCCC2=C(/C=C/c3[se]c4c5ccccc5ccc4[n+]3C)CCC/C2=C\C=C2/[Se]c3c(ccc4ccccc34)N2C)CC1. The average molecular weight is 1100 g/mol. The van der Waals surface area contributed by atoms with Gasteiger partial charge in [0.1, 0.15) is 6.73 Å². The molecule has 0 radical (unpaired) electrons. The first-order chi connectivity index (χ1) is 35.2. The Balaban J connectivity index is 0.852. The predicted octanol–water partition coefficient (Wildman–Crippen LogP) is 12.6. The van der Waals surface area contributed by atoms with Gasteiger partial charge in [-0.3, -0.25) is 9.78 Å². The molecule has 1 N–H and O–H groups in total. The van der Waals surface area contributed by atoms with Crippen LogP contribution in [0.5, 0.6) is 0 Å². The van der Waals surface area contributed by atoms with E-state index in [-0.39, 0.29) is 42.1 Å². The molecule has 2 aromatic heterocycles. The van der Waals surface area contributed by atoms with Crippen LogP contribution in [0.3, 0.4) is 0 Å². The van der Waals surface area contributed by atoms with Gasteiger partial charge in [-0.05, 0) is 67.6 Å². The molecule has 4 aromatic carbocycles. The second kappa shape index (κ2) is 24.6. The van der Waals surface area contributed by atoms with Gasteiger partial charge in [0.05, 0.1) is 0 Å². The van der Waals surface area contributed by atoms with Crippen LogP contribution in [0.2, 0.25) is 0 Å². The Morgan fingerprint density at radius 1 is 0.903 bits per heavy atom. The minimum atomic E-state index is -0.405. The summed E-state index contributed by atoms with van der Waals surface area (Å²) in [5, 5.41) is 8.48. The summed E-state index contributed by atoms with van der Waals surface area (Å²) in [6, 6.07) is 31.4. The Morgan fingerprint density at radius 2 is 1.65 bits per heavy atom. The number of pyridine rings is 1. The van der Waals surface area contributed by atoms with Crippen molar-refractivity contribution in [1.29, 1.82) is 0 Å². The molecule has 2 aliphatic heterocycles.